The zero-order valence-corrected chi connectivity index (χ0v) is 17.3. The molecule has 0 saturated heterocycles. The van der Waals surface area contributed by atoms with E-state index in [2.05, 4.69) is 26.2 Å². The molecule has 1 amide bonds. The predicted octanol–water partition coefficient (Wildman–Crippen LogP) is 3.95. The zero-order chi connectivity index (χ0) is 18.9. The highest BCUT2D eigenvalue weighted by atomic mass is 79.9. The van der Waals surface area contributed by atoms with Crippen molar-refractivity contribution in [2.45, 2.75) is 11.8 Å². The summed E-state index contributed by atoms with van der Waals surface area (Å²) < 4.78 is 27.7. The second-order valence-electron chi connectivity index (χ2n) is 5.53. The number of fused-ring (bicyclic) bond motifs is 1. The van der Waals surface area contributed by atoms with E-state index in [0.717, 1.165) is 4.47 Å². The summed E-state index contributed by atoms with van der Waals surface area (Å²) in [6.07, 6.45) is 0. The van der Waals surface area contributed by atoms with Crippen molar-refractivity contribution < 1.29 is 13.2 Å². The standard InChI is InChI=1S/C17H16BrN3O3S2/c1-3-21(2)26(23,24)13-8-9-14-15(10-13)25-17(19-14)20-16(22)11-4-6-12(18)7-5-11/h4-10H,3H2,1-2H3,(H,19,20,22). The van der Waals surface area contributed by atoms with Crippen molar-refractivity contribution in [2.75, 3.05) is 18.9 Å². The molecule has 0 fully saturated rings. The molecule has 3 rings (SSSR count). The van der Waals surface area contributed by atoms with Gasteiger partial charge in [-0.05, 0) is 42.5 Å². The second-order valence-corrected chi connectivity index (χ2v) is 9.52. The smallest absolute Gasteiger partial charge is 0.257 e. The van der Waals surface area contributed by atoms with E-state index in [-0.39, 0.29) is 10.8 Å². The highest BCUT2D eigenvalue weighted by Crippen LogP contribution is 2.29. The third-order valence-corrected chi connectivity index (χ3v) is 7.23. The van der Waals surface area contributed by atoms with E-state index in [1.165, 1.54) is 28.8 Å². The van der Waals surface area contributed by atoms with Crippen molar-refractivity contribution >= 4 is 58.5 Å². The molecule has 0 aliphatic heterocycles. The Morgan fingerprint density at radius 2 is 1.92 bits per heavy atom. The highest BCUT2D eigenvalue weighted by Gasteiger charge is 2.20. The Hall–Kier alpha value is -1.81. The maximum atomic E-state index is 12.4. The third-order valence-electron chi connectivity index (χ3n) is 3.84. The van der Waals surface area contributed by atoms with Gasteiger partial charge in [0.2, 0.25) is 10.0 Å². The second kappa shape index (κ2) is 7.43. The van der Waals surface area contributed by atoms with Crippen molar-refractivity contribution in [1.29, 1.82) is 0 Å². The molecule has 9 heteroatoms. The summed E-state index contributed by atoms with van der Waals surface area (Å²) in [6.45, 7) is 2.16. The largest absolute Gasteiger partial charge is 0.298 e. The van der Waals surface area contributed by atoms with Crippen LogP contribution in [0.15, 0.2) is 51.8 Å². The molecule has 0 aliphatic carbocycles. The first-order chi connectivity index (χ1) is 12.3. The summed E-state index contributed by atoms with van der Waals surface area (Å²) in [5.41, 5.74) is 1.15. The predicted molar refractivity (Wildman–Crippen MR) is 107 cm³/mol. The molecule has 1 heterocycles. The van der Waals surface area contributed by atoms with Crippen molar-refractivity contribution in [3.63, 3.8) is 0 Å². The van der Waals surface area contributed by atoms with Gasteiger partial charge in [0, 0.05) is 23.6 Å². The molecule has 0 saturated carbocycles. The number of anilines is 1. The van der Waals surface area contributed by atoms with Crippen LogP contribution >= 0.6 is 27.3 Å². The molecule has 3 aromatic rings. The molecule has 0 unspecified atom stereocenters. The maximum Gasteiger partial charge on any atom is 0.257 e. The fourth-order valence-corrected chi connectivity index (χ4v) is 4.69. The van der Waals surface area contributed by atoms with E-state index in [1.807, 2.05) is 0 Å². The fraction of sp³-hybridized carbons (Fsp3) is 0.176. The van der Waals surface area contributed by atoms with Gasteiger partial charge < -0.3 is 0 Å². The van der Waals surface area contributed by atoms with Crippen molar-refractivity contribution in [1.82, 2.24) is 9.29 Å². The summed E-state index contributed by atoms with van der Waals surface area (Å²) in [5, 5.41) is 3.18. The van der Waals surface area contributed by atoms with Crippen molar-refractivity contribution in [3.8, 4) is 0 Å². The fourth-order valence-electron chi connectivity index (χ4n) is 2.24. The van der Waals surface area contributed by atoms with Gasteiger partial charge >= 0.3 is 0 Å². The van der Waals surface area contributed by atoms with Gasteiger partial charge in [-0.1, -0.05) is 34.2 Å². The average Bonchev–Trinajstić information content (AvgIpc) is 3.02. The Morgan fingerprint density at radius 1 is 1.23 bits per heavy atom. The maximum absolute atomic E-state index is 12.4. The first-order valence-corrected chi connectivity index (χ1v) is 10.8. The summed E-state index contributed by atoms with van der Waals surface area (Å²) in [6, 6.07) is 11.8. The molecule has 0 bridgehead atoms. The van der Waals surface area contributed by atoms with Crippen LogP contribution in [0.3, 0.4) is 0 Å². The zero-order valence-electron chi connectivity index (χ0n) is 14.1. The van der Waals surface area contributed by atoms with Gasteiger partial charge in [0.05, 0.1) is 15.1 Å². The topological polar surface area (TPSA) is 79.4 Å². The average molecular weight is 454 g/mol. The number of aromatic nitrogens is 1. The van der Waals surface area contributed by atoms with Crippen LogP contribution in [0.1, 0.15) is 17.3 Å². The van der Waals surface area contributed by atoms with Crippen LogP contribution < -0.4 is 5.32 Å². The number of nitrogens with one attached hydrogen (secondary N) is 1. The summed E-state index contributed by atoms with van der Waals surface area (Å²) in [4.78, 5) is 16.9. The molecule has 26 heavy (non-hydrogen) atoms. The lowest BCUT2D eigenvalue weighted by Crippen LogP contribution is -2.26. The minimum absolute atomic E-state index is 0.212. The number of hydrogen-bond donors (Lipinski definition) is 1. The first kappa shape index (κ1) is 19.0. The molecule has 2 aromatic carbocycles. The molecular weight excluding hydrogens is 438 g/mol. The lowest BCUT2D eigenvalue weighted by Gasteiger charge is -2.14. The van der Waals surface area contributed by atoms with Crippen LogP contribution in [-0.2, 0) is 10.0 Å². The number of carbonyl (C=O) groups excluding carboxylic acids is 1. The molecule has 0 atom stereocenters. The number of sulfonamides is 1. The van der Waals surface area contributed by atoms with E-state index in [9.17, 15) is 13.2 Å². The Bertz CT molecular complexity index is 1060. The van der Waals surface area contributed by atoms with Gasteiger partial charge in [-0.15, -0.1) is 0 Å². The highest BCUT2D eigenvalue weighted by molar-refractivity contribution is 9.10. The number of nitrogens with zero attached hydrogens (tertiary/aromatic N) is 2. The van der Waals surface area contributed by atoms with E-state index in [1.54, 1.807) is 43.3 Å². The number of benzene rings is 2. The van der Waals surface area contributed by atoms with Gasteiger partial charge in [0.1, 0.15) is 0 Å². The van der Waals surface area contributed by atoms with Crippen molar-refractivity contribution in [2.24, 2.45) is 0 Å². The number of thiazole rings is 1. The lowest BCUT2D eigenvalue weighted by atomic mass is 10.2. The SMILES string of the molecule is CCN(C)S(=O)(=O)c1ccc2nc(NC(=O)c3ccc(Br)cc3)sc2c1. The Labute approximate surface area is 164 Å². The van der Waals surface area contributed by atoms with Crippen molar-refractivity contribution in [3.05, 3.63) is 52.5 Å². The van der Waals surface area contributed by atoms with E-state index in [0.29, 0.717) is 27.5 Å². The number of rotatable bonds is 5. The molecular formula is C17H16BrN3O3S2. The molecule has 0 radical (unpaired) electrons. The summed E-state index contributed by atoms with van der Waals surface area (Å²) >= 11 is 4.57. The third kappa shape index (κ3) is 3.80. The van der Waals surface area contributed by atoms with E-state index in [4.69, 9.17) is 0 Å². The molecule has 1 N–H and O–H groups in total. The Kier molecular flexibility index (Phi) is 5.42. The quantitative estimate of drug-likeness (QED) is 0.633. The number of halogens is 1. The van der Waals surface area contributed by atoms with Gasteiger partial charge in [-0.25, -0.2) is 17.7 Å². The molecule has 6 nitrogen and oxygen atoms in total. The monoisotopic (exact) mass is 453 g/mol. The van der Waals surface area contributed by atoms with Crippen LogP contribution in [0.5, 0.6) is 0 Å². The normalized spacial score (nSPS) is 11.8. The number of hydrogen-bond acceptors (Lipinski definition) is 5. The number of amides is 1. The lowest BCUT2D eigenvalue weighted by molar-refractivity contribution is 0.102. The number of carbonyl (C=O) groups is 1. The van der Waals surface area contributed by atoms with Gasteiger partial charge in [0.25, 0.3) is 5.91 Å². The summed E-state index contributed by atoms with van der Waals surface area (Å²) in [5.74, 6) is -0.268. The Morgan fingerprint density at radius 3 is 2.58 bits per heavy atom. The molecule has 0 aliphatic rings. The first-order valence-electron chi connectivity index (χ1n) is 7.75. The van der Waals surface area contributed by atoms with Crippen LogP contribution in [0.2, 0.25) is 0 Å². The molecule has 0 spiro atoms. The van der Waals surface area contributed by atoms with E-state index >= 15 is 0 Å². The van der Waals surface area contributed by atoms with Gasteiger partial charge in [-0.3, -0.25) is 10.1 Å². The van der Waals surface area contributed by atoms with Gasteiger partial charge in [0.15, 0.2) is 5.13 Å². The minimum Gasteiger partial charge on any atom is -0.298 e. The van der Waals surface area contributed by atoms with Crippen LogP contribution in [0.25, 0.3) is 10.2 Å². The summed E-state index contributed by atoms with van der Waals surface area (Å²) in [7, 11) is -1.98. The molecule has 1 aromatic heterocycles. The Balaban J connectivity index is 1.88. The van der Waals surface area contributed by atoms with Crippen LogP contribution in [0, 0.1) is 0 Å². The van der Waals surface area contributed by atoms with Gasteiger partial charge in [-0.2, -0.15) is 0 Å². The van der Waals surface area contributed by atoms with Crippen LogP contribution in [-0.4, -0.2) is 37.2 Å². The van der Waals surface area contributed by atoms with E-state index < -0.39 is 10.0 Å². The minimum atomic E-state index is -3.52. The molecule has 136 valence electrons. The van der Waals surface area contributed by atoms with Crippen LogP contribution in [0.4, 0.5) is 5.13 Å².